The molecule has 0 aliphatic rings. The first-order valence-electron chi connectivity index (χ1n) is 10.4. The quantitative estimate of drug-likeness (QED) is 0.468. The number of benzene rings is 2. The van der Waals surface area contributed by atoms with Gasteiger partial charge in [-0.15, -0.1) is 0 Å². The van der Waals surface area contributed by atoms with Crippen LogP contribution in [0.5, 0.6) is 11.6 Å². The number of carbonyl (C=O) groups is 1. The molecule has 3 rings (SSSR count). The van der Waals surface area contributed by atoms with Crippen molar-refractivity contribution in [3.05, 3.63) is 71.7 Å². The lowest BCUT2D eigenvalue weighted by Gasteiger charge is -2.22. The summed E-state index contributed by atoms with van der Waals surface area (Å²) in [7, 11) is 0. The third-order valence-electron chi connectivity index (χ3n) is 4.88. The fourth-order valence-corrected chi connectivity index (χ4v) is 3.36. The minimum atomic E-state index is -0.310. The van der Waals surface area contributed by atoms with E-state index in [0.29, 0.717) is 43.2 Å². The van der Waals surface area contributed by atoms with Crippen molar-refractivity contribution in [2.75, 3.05) is 6.54 Å². The topological polar surface area (TPSA) is 47.4 Å². The molecule has 0 N–H and O–H groups in total. The Hall–Kier alpha value is -3.15. The van der Waals surface area contributed by atoms with Crippen LogP contribution in [0.15, 0.2) is 54.6 Å². The first-order chi connectivity index (χ1) is 14.6. The summed E-state index contributed by atoms with van der Waals surface area (Å²) in [5, 5.41) is 4.75. The molecule has 6 heteroatoms. The van der Waals surface area contributed by atoms with E-state index < -0.39 is 0 Å². The third kappa shape index (κ3) is 4.87. The van der Waals surface area contributed by atoms with Crippen molar-refractivity contribution in [3.8, 4) is 17.3 Å². The van der Waals surface area contributed by atoms with Crippen LogP contribution in [0, 0.1) is 5.82 Å². The molecule has 0 bridgehead atoms. The summed E-state index contributed by atoms with van der Waals surface area (Å²) in [6.45, 7) is 7.04. The Bertz CT molecular complexity index is 968. The zero-order valence-corrected chi connectivity index (χ0v) is 17.8. The number of aromatic nitrogens is 2. The van der Waals surface area contributed by atoms with Crippen LogP contribution in [-0.4, -0.2) is 27.1 Å². The molecule has 0 radical (unpaired) electrons. The van der Waals surface area contributed by atoms with Gasteiger partial charge in [-0.3, -0.25) is 4.79 Å². The molecule has 0 unspecified atom stereocenters. The molecular formula is C24H28FN3O2. The van der Waals surface area contributed by atoms with Crippen LogP contribution in [0.25, 0.3) is 5.69 Å². The van der Waals surface area contributed by atoms with E-state index in [9.17, 15) is 9.18 Å². The molecule has 0 atom stereocenters. The highest BCUT2D eigenvalue weighted by Gasteiger charge is 2.24. The van der Waals surface area contributed by atoms with Crippen molar-refractivity contribution in [2.24, 2.45) is 0 Å². The largest absolute Gasteiger partial charge is 0.439 e. The summed E-state index contributed by atoms with van der Waals surface area (Å²) < 4.78 is 21.4. The Kier molecular flexibility index (Phi) is 7.22. The number of hydrogen-bond donors (Lipinski definition) is 0. The zero-order valence-electron chi connectivity index (χ0n) is 17.8. The molecule has 2 aromatic carbocycles. The average molecular weight is 410 g/mol. The van der Waals surface area contributed by atoms with Gasteiger partial charge in [-0.2, -0.15) is 5.10 Å². The van der Waals surface area contributed by atoms with E-state index in [1.54, 1.807) is 16.8 Å². The van der Waals surface area contributed by atoms with Crippen molar-refractivity contribution in [2.45, 2.75) is 46.6 Å². The van der Waals surface area contributed by atoms with Crippen LogP contribution in [0.3, 0.4) is 0 Å². The van der Waals surface area contributed by atoms with Crippen LogP contribution in [0.4, 0.5) is 4.39 Å². The van der Waals surface area contributed by atoms with Gasteiger partial charge in [-0.1, -0.05) is 39.0 Å². The first-order valence-corrected chi connectivity index (χ1v) is 10.4. The molecule has 1 heterocycles. The Morgan fingerprint density at radius 2 is 1.77 bits per heavy atom. The summed E-state index contributed by atoms with van der Waals surface area (Å²) in [6, 6.07) is 15.6. The van der Waals surface area contributed by atoms with Gasteiger partial charge in [0.1, 0.15) is 11.6 Å². The lowest BCUT2D eigenvalue weighted by atomic mass is 10.1. The maximum Gasteiger partial charge on any atom is 0.227 e. The molecule has 30 heavy (non-hydrogen) atoms. The van der Waals surface area contributed by atoms with Gasteiger partial charge in [-0.05, 0) is 49.2 Å². The van der Waals surface area contributed by atoms with Crippen molar-refractivity contribution in [1.29, 1.82) is 0 Å². The normalized spacial score (nSPS) is 10.8. The highest BCUT2D eigenvalue weighted by molar-refractivity contribution is 5.76. The lowest BCUT2D eigenvalue weighted by Crippen LogP contribution is -2.31. The van der Waals surface area contributed by atoms with E-state index in [2.05, 4.69) is 6.92 Å². The third-order valence-corrected chi connectivity index (χ3v) is 4.88. The lowest BCUT2D eigenvalue weighted by molar-refractivity contribution is -0.131. The molecular weight excluding hydrogens is 381 g/mol. The van der Waals surface area contributed by atoms with Crippen molar-refractivity contribution < 1.29 is 13.9 Å². The molecule has 0 spiro atoms. The number of hydrogen-bond acceptors (Lipinski definition) is 3. The molecule has 1 aromatic heterocycles. The van der Waals surface area contributed by atoms with Gasteiger partial charge in [0.15, 0.2) is 0 Å². The Labute approximate surface area is 177 Å². The van der Waals surface area contributed by atoms with Crippen LogP contribution >= 0.6 is 0 Å². The van der Waals surface area contributed by atoms with Gasteiger partial charge in [0.2, 0.25) is 11.8 Å². The minimum absolute atomic E-state index is 0.0964. The summed E-state index contributed by atoms with van der Waals surface area (Å²) >= 11 is 0. The van der Waals surface area contributed by atoms with Gasteiger partial charge in [0, 0.05) is 13.0 Å². The van der Waals surface area contributed by atoms with E-state index in [1.807, 2.05) is 49.1 Å². The number of halogens is 1. The van der Waals surface area contributed by atoms with Gasteiger partial charge in [0.25, 0.3) is 0 Å². The zero-order chi connectivity index (χ0) is 21.5. The van der Waals surface area contributed by atoms with Crippen LogP contribution < -0.4 is 4.74 Å². The Morgan fingerprint density at radius 3 is 2.37 bits per heavy atom. The number of aryl methyl sites for hydroxylation is 1. The highest BCUT2D eigenvalue weighted by Crippen LogP contribution is 2.32. The molecule has 0 aliphatic heterocycles. The standard InChI is InChI=1S/C24H28FN3O2/c1-4-16-27(23(29)6-3)17-21-22(5-2)26-28(19-14-12-18(25)13-15-19)24(21)30-20-10-8-7-9-11-20/h7-15H,4-6,16-17H2,1-3H3. The van der Waals surface area contributed by atoms with Crippen molar-refractivity contribution >= 4 is 5.91 Å². The van der Waals surface area contributed by atoms with E-state index in [0.717, 1.165) is 17.7 Å². The second-order valence-corrected chi connectivity index (χ2v) is 7.06. The van der Waals surface area contributed by atoms with Crippen LogP contribution in [0.2, 0.25) is 0 Å². The molecule has 1 amide bonds. The maximum atomic E-state index is 13.5. The summed E-state index contributed by atoms with van der Waals surface area (Å²) in [6.07, 6.45) is 2.01. The first kappa shape index (κ1) is 21.6. The van der Waals surface area contributed by atoms with Crippen LogP contribution in [-0.2, 0) is 17.8 Å². The number of ether oxygens (including phenoxy) is 1. The number of para-hydroxylation sites is 1. The van der Waals surface area contributed by atoms with E-state index in [4.69, 9.17) is 9.84 Å². The molecule has 0 saturated carbocycles. The van der Waals surface area contributed by atoms with Crippen molar-refractivity contribution in [1.82, 2.24) is 14.7 Å². The Balaban J connectivity index is 2.11. The summed E-state index contributed by atoms with van der Waals surface area (Å²) in [5.41, 5.74) is 2.43. The predicted octanol–water partition coefficient (Wildman–Crippen LogP) is 5.51. The molecule has 5 nitrogen and oxygen atoms in total. The summed E-state index contributed by atoms with van der Waals surface area (Å²) in [5.74, 6) is 1.01. The maximum absolute atomic E-state index is 13.5. The predicted molar refractivity (Wildman–Crippen MR) is 115 cm³/mol. The summed E-state index contributed by atoms with van der Waals surface area (Å²) in [4.78, 5) is 14.4. The molecule has 3 aromatic rings. The number of carbonyl (C=O) groups excluding carboxylic acids is 1. The highest BCUT2D eigenvalue weighted by atomic mass is 19.1. The fraction of sp³-hybridized carbons (Fsp3) is 0.333. The van der Waals surface area contributed by atoms with E-state index in [-0.39, 0.29) is 11.7 Å². The number of amides is 1. The van der Waals surface area contributed by atoms with Gasteiger partial charge in [0.05, 0.1) is 23.5 Å². The smallest absolute Gasteiger partial charge is 0.227 e. The Morgan fingerprint density at radius 1 is 1.07 bits per heavy atom. The SMILES string of the molecule is CCCN(Cc1c(CC)nn(-c2ccc(F)cc2)c1Oc1ccccc1)C(=O)CC. The number of nitrogens with zero attached hydrogens (tertiary/aromatic N) is 3. The van der Waals surface area contributed by atoms with Gasteiger partial charge >= 0.3 is 0 Å². The average Bonchev–Trinajstić information content (AvgIpc) is 3.11. The molecule has 0 saturated heterocycles. The van der Waals surface area contributed by atoms with Crippen molar-refractivity contribution in [3.63, 3.8) is 0 Å². The fourth-order valence-electron chi connectivity index (χ4n) is 3.36. The monoisotopic (exact) mass is 409 g/mol. The minimum Gasteiger partial charge on any atom is -0.439 e. The number of rotatable bonds is 9. The van der Waals surface area contributed by atoms with E-state index in [1.165, 1.54) is 12.1 Å². The second kappa shape index (κ2) is 10.1. The second-order valence-electron chi connectivity index (χ2n) is 7.06. The van der Waals surface area contributed by atoms with Gasteiger partial charge < -0.3 is 9.64 Å². The van der Waals surface area contributed by atoms with Crippen LogP contribution in [0.1, 0.15) is 44.9 Å². The van der Waals surface area contributed by atoms with Gasteiger partial charge in [-0.25, -0.2) is 9.07 Å². The van der Waals surface area contributed by atoms with E-state index >= 15 is 0 Å². The molecule has 158 valence electrons. The molecule has 0 aliphatic carbocycles. The molecule has 0 fully saturated rings.